The second-order valence-electron chi connectivity index (χ2n) is 9.14. The highest BCUT2D eigenvalue weighted by Crippen LogP contribution is 2.45. The maximum Gasteiger partial charge on any atom is 0.194 e. The normalized spacial score (nSPS) is 29.8. The lowest BCUT2D eigenvalue weighted by atomic mass is 9.68. The van der Waals surface area contributed by atoms with Gasteiger partial charge in [-0.25, -0.2) is 13.2 Å². The number of hydrogen-bond acceptors (Lipinski definition) is 0. The van der Waals surface area contributed by atoms with Crippen LogP contribution in [0.1, 0.15) is 81.8 Å². The Kier molecular flexibility index (Phi) is 5.66. The van der Waals surface area contributed by atoms with E-state index in [4.69, 9.17) is 0 Å². The minimum absolute atomic E-state index is 0.232. The number of rotatable bonds is 3. The summed E-state index contributed by atoms with van der Waals surface area (Å²) in [6.45, 7) is 1.55. The highest BCUT2D eigenvalue weighted by atomic mass is 19.2. The first-order valence-electron chi connectivity index (χ1n) is 10.9. The molecule has 1 unspecified atom stereocenters. The van der Waals surface area contributed by atoms with Crippen LogP contribution in [0.4, 0.5) is 13.2 Å². The molecule has 3 heteroatoms. The van der Waals surface area contributed by atoms with Crippen molar-refractivity contribution in [1.29, 1.82) is 0 Å². The van der Waals surface area contributed by atoms with Gasteiger partial charge in [0.25, 0.3) is 0 Å². The van der Waals surface area contributed by atoms with Crippen LogP contribution >= 0.6 is 0 Å². The molecule has 0 bridgehead atoms. The minimum atomic E-state index is -1.36. The molecule has 2 fully saturated rings. The number of allylic oxidation sites excluding steroid dienone is 2. The van der Waals surface area contributed by atoms with Crippen molar-refractivity contribution in [2.24, 2.45) is 23.7 Å². The van der Waals surface area contributed by atoms with Gasteiger partial charge in [-0.1, -0.05) is 31.8 Å². The van der Waals surface area contributed by atoms with Crippen LogP contribution in [0.2, 0.25) is 0 Å². The van der Waals surface area contributed by atoms with Crippen molar-refractivity contribution in [3.05, 3.63) is 40.7 Å². The highest BCUT2D eigenvalue weighted by Gasteiger charge is 2.33. The fourth-order valence-electron chi connectivity index (χ4n) is 6.06. The van der Waals surface area contributed by atoms with Crippen molar-refractivity contribution in [3.63, 3.8) is 0 Å². The molecule has 1 aromatic carbocycles. The van der Waals surface area contributed by atoms with E-state index in [0.717, 1.165) is 42.6 Å². The van der Waals surface area contributed by atoms with Gasteiger partial charge in [0, 0.05) is 0 Å². The van der Waals surface area contributed by atoms with Crippen LogP contribution in [0.25, 0.3) is 5.57 Å². The van der Waals surface area contributed by atoms with E-state index >= 15 is 0 Å². The number of benzene rings is 1. The Balaban J connectivity index is 1.38. The minimum Gasteiger partial charge on any atom is -0.204 e. The molecule has 0 nitrogen and oxygen atoms in total. The lowest BCUT2D eigenvalue weighted by Gasteiger charge is -2.37. The molecule has 0 heterocycles. The molecular weight excluding hydrogens is 345 g/mol. The lowest BCUT2D eigenvalue weighted by molar-refractivity contribution is 0.158. The molecule has 0 amide bonds. The molecule has 27 heavy (non-hydrogen) atoms. The first-order chi connectivity index (χ1) is 13.0. The zero-order chi connectivity index (χ0) is 19.0. The molecule has 1 aromatic rings. The molecule has 2 saturated carbocycles. The summed E-state index contributed by atoms with van der Waals surface area (Å²) < 4.78 is 41.0. The average molecular weight is 377 g/mol. The molecule has 4 rings (SSSR count). The smallest absolute Gasteiger partial charge is 0.194 e. The average Bonchev–Trinajstić information content (AvgIpc) is 3.24. The zero-order valence-electron chi connectivity index (χ0n) is 16.4. The van der Waals surface area contributed by atoms with Crippen molar-refractivity contribution >= 4 is 5.57 Å². The largest absolute Gasteiger partial charge is 0.204 e. The van der Waals surface area contributed by atoms with Crippen molar-refractivity contribution in [3.8, 4) is 0 Å². The predicted molar refractivity (Wildman–Crippen MR) is 104 cm³/mol. The van der Waals surface area contributed by atoms with Crippen molar-refractivity contribution in [1.82, 2.24) is 0 Å². The second-order valence-corrected chi connectivity index (χ2v) is 9.14. The third-order valence-corrected chi connectivity index (χ3v) is 7.75. The summed E-state index contributed by atoms with van der Waals surface area (Å²) >= 11 is 0. The number of hydrogen-bond donors (Lipinski definition) is 0. The van der Waals surface area contributed by atoms with Crippen LogP contribution in [0, 0.1) is 48.0 Å². The Bertz CT molecular complexity index is 707. The van der Waals surface area contributed by atoms with Gasteiger partial charge in [0.05, 0.1) is 0 Å². The van der Waals surface area contributed by atoms with Gasteiger partial charge in [-0.3, -0.25) is 0 Å². The van der Waals surface area contributed by atoms with Crippen LogP contribution in [-0.2, 0) is 0 Å². The van der Waals surface area contributed by atoms with Crippen molar-refractivity contribution in [2.75, 3.05) is 0 Å². The van der Waals surface area contributed by atoms with E-state index in [1.165, 1.54) is 57.4 Å². The Morgan fingerprint density at radius 2 is 1.33 bits per heavy atom. The molecule has 1 atom stereocenters. The third-order valence-electron chi connectivity index (χ3n) is 7.75. The Morgan fingerprint density at radius 3 is 1.93 bits per heavy atom. The van der Waals surface area contributed by atoms with Crippen LogP contribution in [0.15, 0.2) is 12.1 Å². The molecule has 0 aromatic heterocycles. The molecule has 0 radical (unpaired) electrons. The molecule has 3 aliphatic rings. The second kappa shape index (κ2) is 8.01. The highest BCUT2D eigenvalue weighted by molar-refractivity contribution is 5.69. The molecule has 148 valence electrons. The third kappa shape index (κ3) is 3.84. The Hall–Kier alpha value is -1.25. The van der Waals surface area contributed by atoms with Gasteiger partial charge in [0.15, 0.2) is 17.5 Å². The van der Waals surface area contributed by atoms with E-state index in [9.17, 15) is 13.2 Å². The van der Waals surface area contributed by atoms with Crippen molar-refractivity contribution < 1.29 is 13.2 Å². The van der Waals surface area contributed by atoms with Gasteiger partial charge in [-0.05, 0) is 98.3 Å². The van der Waals surface area contributed by atoms with E-state index in [1.54, 1.807) is 6.92 Å². The predicted octanol–water partition coefficient (Wildman–Crippen LogP) is 7.59. The standard InChI is InChI=1S/C24H31F3/c1-15-21(14-22(25)24(27)23(15)26)20-12-10-19(11-13-20)18-8-6-17(7-9-18)16-4-2-3-5-16/h12,14,16-19H,2-11,13H2,1H3. The van der Waals surface area contributed by atoms with Crippen LogP contribution in [-0.4, -0.2) is 0 Å². The topological polar surface area (TPSA) is 0 Å². The quantitative estimate of drug-likeness (QED) is 0.477. The first kappa shape index (κ1) is 19.1. The summed E-state index contributed by atoms with van der Waals surface area (Å²) in [6.07, 6.45) is 16.4. The molecule has 0 N–H and O–H groups in total. The van der Waals surface area contributed by atoms with E-state index in [1.807, 2.05) is 0 Å². The molecule has 0 saturated heterocycles. The molecule has 0 aliphatic heterocycles. The van der Waals surface area contributed by atoms with Crippen LogP contribution < -0.4 is 0 Å². The maximum absolute atomic E-state index is 13.9. The van der Waals surface area contributed by atoms with Gasteiger partial charge < -0.3 is 0 Å². The maximum atomic E-state index is 13.9. The molecular formula is C24H31F3. The van der Waals surface area contributed by atoms with Gasteiger partial charge >= 0.3 is 0 Å². The summed E-state index contributed by atoms with van der Waals surface area (Å²) in [6, 6.07) is 1.17. The fourth-order valence-corrected chi connectivity index (χ4v) is 6.06. The van der Waals surface area contributed by atoms with E-state index in [0.29, 0.717) is 11.5 Å². The fraction of sp³-hybridized carbons (Fsp3) is 0.667. The summed E-state index contributed by atoms with van der Waals surface area (Å²) in [4.78, 5) is 0. The Labute approximate surface area is 161 Å². The van der Waals surface area contributed by atoms with Gasteiger partial charge in [0.1, 0.15) is 0 Å². The van der Waals surface area contributed by atoms with Gasteiger partial charge in [-0.2, -0.15) is 0 Å². The SMILES string of the molecule is Cc1c(C2=CCC(C3CCC(C4CCCC4)CC3)CC2)cc(F)c(F)c1F. The Morgan fingerprint density at radius 1 is 0.741 bits per heavy atom. The molecule has 0 spiro atoms. The van der Waals surface area contributed by atoms with Crippen molar-refractivity contribution in [2.45, 2.75) is 77.6 Å². The number of halogens is 3. The monoisotopic (exact) mass is 376 g/mol. The first-order valence-corrected chi connectivity index (χ1v) is 10.9. The van der Waals surface area contributed by atoms with E-state index in [-0.39, 0.29) is 5.56 Å². The van der Waals surface area contributed by atoms with Gasteiger partial charge in [0.2, 0.25) is 0 Å². The van der Waals surface area contributed by atoms with E-state index < -0.39 is 17.5 Å². The summed E-state index contributed by atoms with van der Waals surface area (Å²) in [7, 11) is 0. The summed E-state index contributed by atoms with van der Waals surface area (Å²) in [5.74, 6) is -0.0116. The molecule has 3 aliphatic carbocycles. The summed E-state index contributed by atoms with van der Waals surface area (Å²) in [5, 5.41) is 0. The zero-order valence-corrected chi connectivity index (χ0v) is 16.4. The van der Waals surface area contributed by atoms with E-state index in [2.05, 4.69) is 6.08 Å². The van der Waals surface area contributed by atoms with Crippen LogP contribution in [0.3, 0.4) is 0 Å². The summed E-state index contributed by atoms with van der Waals surface area (Å²) in [5.41, 5.74) is 1.77. The van der Waals surface area contributed by atoms with Gasteiger partial charge in [-0.15, -0.1) is 0 Å². The van der Waals surface area contributed by atoms with Crippen LogP contribution in [0.5, 0.6) is 0 Å². The lowest BCUT2D eigenvalue weighted by Crippen LogP contribution is -2.25.